The molecule has 1 N–H and O–H groups in total. The van der Waals surface area contributed by atoms with Gasteiger partial charge in [-0.05, 0) is 49.7 Å². The average Bonchev–Trinajstić information content (AvgIpc) is 3.35. The van der Waals surface area contributed by atoms with Gasteiger partial charge in [0.25, 0.3) is 5.91 Å². The first-order valence-electron chi connectivity index (χ1n) is 8.73. The highest BCUT2D eigenvalue weighted by Gasteiger charge is 2.31. The summed E-state index contributed by atoms with van der Waals surface area (Å²) in [5.41, 5.74) is 2.22. The molecule has 140 valence electrons. The third-order valence-electron chi connectivity index (χ3n) is 4.69. The number of hydrogen-bond acceptors (Lipinski definition) is 4. The molecular formula is C19H20N4O3S. The van der Waals surface area contributed by atoms with Crippen LogP contribution in [-0.2, 0) is 9.84 Å². The summed E-state index contributed by atoms with van der Waals surface area (Å²) in [6.07, 6.45) is 4.38. The van der Waals surface area contributed by atoms with Crippen LogP contribution in [0, 0.1) is 6.92 Å². The standard InChI is InChI=1S/C19H20N4O3S/c1-14-12-18(23(21-14)17-8-11-27(25,26)13-17)20-19(24)15-4-6-16(7-5-15)22-9-2-3-10-22/h2-7,9-10,12,17H,8,11,13H2,1H3,(H,20,24). The molecule has 1 amide bonds. The number of aryl methyl sites for hydroxylation is 1. The van der Waals surface area contributed by atoms with Gasteiger partial charge in [0.05, 0.1) is 23.2 Å². The first-order chi connectivity index (χ1) is 12.9. The number of carbonyl (C=O) groups excluding carboxylic acids is 1. The lowest BCUT2D eigenvalue weighted by Gasteiger charge is -2.14. The van der Waals surface area contributed by atoms with E-state index >= 15 is 0 Å². The molecule has 0 radical (unpaired) electrons. The van der Waals surface area contributed by atoms with Crippen LogP contribution >= 0.6 is 0 Å². The minimum Gasteiger partial charge on any atom is -0.324 e. The summed E-state index contributed by atoms with van der Waals surface area (Å²) in [6, 6.07) is 12.7. The van der Waals surface area contributed by atoms with Gasteiger partial charge in [-0.1, -0.05) is 0 Å². The molecule has 3 heterocycles. The maximum atomic E-state index is 12.6. The normalized spacial score (nSPS) is 18.5. The minimum atomic E-state index is -3.03. The molecule has 1 unspecified atom stereocenters. The third-order valence-corrected chi connectivity index (χ3v) is 6.44. The van der Waals surface area contributed by atoms with Crippen LogP contribution in [0.5, 0.6) is 0 Å². The molecule has 2 aromatic heterocycles. The Kier molecular flexibility index (Phi) is 4.35. The van der Waals surface area contributed by atoms with Crippen LogP contribution in [0.2, 0.25) is 0 Å². The fourth-order valence-corrected chi connectivity index (χ4v) is 5.03. The highest BCUT2D eigenvalue weighted by molar-refractivity contribution is 7.91. The molecule has 1 saturated heterocycles. The van der Waals surface area contributed by atoms with Gasteiger partial charge in [0.1, 0.15) is 5.82 Å². The van der Waals surface area contributed by atoms with E-state index in [9.17, 15) is 13.2 Å². The second-order valence-electron chi connectivity index (χ2n) is 6.76. The number of amides is 1. The van der Waals surface area contributed by atoms with E-state index in [1.165, 1.54) is 0 Å². The molecule has 0 bridgehead atoms. The summed E-state index contributed by atoms with van der Waals surface area (Å²) in [7, 11) is -3.03. The molecule has 3 aromatic rings. The van der Waals surface area contributed by atoms with Crippen LogP contribution in [0.15, 0.2) is 54.9 Å². The van der Waals surface area contributed by atoms with Crippen molar-refractivity contribution in [2.75, 3.05) is 16.8 Å². The predicted molar refractivity (Wildman–Crippen MR) is 103 cm³/mol. The summed E-state index contributed by atoms with van der Waals surface area (Å²) >= 11 is 0. The lowest BCUT2D eigenvalue weighted by molar-refractivity contribution is 0.102. The molecule has 1 atom stereocenters. The Morgan fingerprint density at radius 2 is 1.89 bits per heavy atom. The lowest BCUT2D eigenvalue weighted by atomic mass is 10.2. The first-order valence-corrected chi connectivity index (χ1v) is 10.5. The molecule has 0 aliphatic carbocycles. The van der Waals surface area contributed by atoms with Gasteiger partial charge in [-0.25, -0.2) is 13.1 Å². The molecule has 1 aliphatic rings. The Morgan fingerprint density at radius 3 is 2.52 bits per heavy atom. The summed E-state index contributed by atoms with van der Waals surface area (Å²) in [6.45, 7) is 1.82. The maximum Gasteiger partial charge on any atom is 0.256 e. The summed E-state index contributed by atoms with van der Waals surface area (Å²) in [5.74, 6) is 0.484. The topological polar surface area (TPSA) is 86.0 Å². The highest BCUT2D eigenvalue weighted by atomic mass is 32.2. The van der Waals surface area contributed by atoms with Crippen molar-refractivity contribution >= 4 is 21.6 Å². The quantitative estimate of drug-likeness (QED) is 0.749. The van der Waals surface area contributed by atoms with Gasteiger partial charge >= 0.3 is 0 Å². The fourth-order valence-electron chi connectivity index (χ4n) is 3.34. The van der Waals surface area contributed by atoms with E-state index < -0.39 is 9.84 Å². The maximum absolute atomic E-state index is 12.6. The number of aromatic nitrogens is 3. The molecule has 7 nitrogen and oxygen atoms in total. The number of nitrogens with zero attached hydrogens (tertiary/aromatic N) is 3. The molecular weight excluding hydrogens is 364 g/mol. The van der Waals surface area contributed by atoms with Crippen molar-refractivity contribution in [2.24, 2.45) is 0 Å². The zero-order chi connectivity index (χ0) is 19.0. The van der Waals surface area contributed by atoms with Gasteiger partial charge in [-0.2, -0.15) is 5.10 Å². The summed E-state index contributed by atoms with van der Waals surface area (Å²) in [5, 5.41) is 7.25. The van der Waals surface area contributed by atoms with E-state index in [4.69, 9.17) is 0 Å². The molecule has 1 aliphatic heterocycles. The Balaban J connectivity index is 1.53. The van der Waals surface area contributed by atoms with Crippen molar-refractivity contribution in [2.45, 2.75) is 19.4 Å². The molecule has 1 aromatic carbocycles. The van der Waals surface area contributed by atoms with E-state index in [1.807, 2.05) is 48.1 Å². The number of nitrogens with one attached hydrogen (secondary N) is 1. The van der Waals surface area contributed by atoms with Crippen molar-refractivity contribution in [3.8, 4) is 5.69 Å². The van der Waals surface area contributed by atoms with E-state index in [1.54, 1.807) is 22.9 Å². The van der Waals surface area contributed by atoms with Gasteiger partial charge < -0.3 is 9.88 Å². The molecule has 27 heavy (non-hydrogen) atoms. The molecule has 1 fully saturated rings. The Bertz CT molecular complexity index is 1070. The SMILES string of the molecule is Cc1cc(NC(=O)c2ccc(-n3cccc3)cc2)n(C2CCS(=O)(=O)C2)n1. The smallest absolute Gasteiger partial charge is 0.256 e. The summed E-state index contributed by atoms with van der Waals surface area (Å²) < 4.78 is 27.1. The molecule has 0 spiro atoms. The van der Waals surface area contributed by atoms with E-state index in [-0.39, 0.29) is 23.5 Å². The highest BCUT2D eigenvalue weighted by Crippen LogP contribution is 2.27. The fraction of sp³-hybridized carbons (Fsp3) is 0.263. The van der Waals surface area contributed by atoms with Crippen LogP contribution in [0.1, 0.15) is 28.5 Å². The van der Waals surface area contributed by atoms with Gasteiger partial charge in [0, 0.05) is 29.7 Å². The second-order valence-corrected chi connectivity index (χ2v) is 8.99. The number of hydrogen-bond donors (Lipinski definition) is 1. The van der Waals surface area contributed by atoms with Crippen LogP contribution < -0.4 is 5.32 Å². The number of sulfone groups is 1. The van der Waals surface area contributed by atoms with Crippen molar-refractivity contribution in [3.63, 3.8) is 0 Å². The van der Waals surface area contributed by atoms with Crippen molar-refractivity contribution in [1.82, 2.24) is 14.3 Å². The van der Waals surface area contributed by atoms with Crippen LogP contribution in [-0.4, -0.2) is 40.2 Å². The number of benzene rings is 1. The third kappa shape index (κ3) is 3.66. The van der Waals surface area contributed by atoms with Gasteiger partial charge in [-0.15, -0.1) is 0 Å². The van der Waals surface area contributed by atoms with E-state index in [0.29, 0.717) is 17.8 Å². The van der Waals surface area contributed by atoms with Crippen molar-refractivity contribution < 1.29 is 13.2 Å². The van der Waals surface area contributed by atoms with Crippen LogP contribution in [0.3, 0.4) is 0 Å². The average molecular weight is 384 g/mol. The van der Waals surface area contributed by atoms with E-state index in [0.717, 1.165) is 11.4 Å². The molecule has 8 heteroatoms. The minimum absolute atomic E-state index is 0.0581. The van der Waals surface area contributed by atoms with Crippen LogP contribution in [0.4, 0.5) is 5.82 Å². The molecule has 4 rings (SSSR count). The Labute approximate surface area is 157 Å². The summed E-state index contributed by atoms with van der Waals surface area (Å²) in [4.78, 5) is 12.6. The Hall–Kier alpha value is -2.87. The zero-order valence-corrected chi connectivity index (χ0v) is 15.7. The second kappa shape index (κ2) is 6.70. The first kappa shape index (κ1) is 17.5. The van der Waals surface area contributed by atoms with E-state index in [2.05, 4.69) is 10.4 Å². The number of anilines is 1. The lowest BCUT2D eigenvalue weighted by Crippen LogP contribution is -2.19. The number of rotatable bonds is 4. The largest absolute Gasteiger partial charge is 0.324 e. The number of carbonyl (C=O) groups is 1. The Morgan fingerprint density at radius 1 is 1.19 bits per heavy atom. The zero-order valence-electron chi connectivity index (χ0n) is 14.9. The predicted octanol–water partition coefficient (Wildman–Crippen LogP) is 2.59. The van der Waals surface area contributed by atoms with Gasteiger partial charge in [0.2, 0.25) is 0 Å². The van der Waals surface area contributed by atoms with Gasteiger partial charge in [-0.3, -0.25) is 4.79 Å². The molecule has 0 saturated carbocycles. The van der Waals surface area contributed by atoms with Gasteiger partial charge in [0.15, 0.2) is 9.84 Å². The van der Waals surface area contributed by atoms with Crippen molar-refractivity contribution in [1.29, 1.82) is 0 Å². The van der Waals surface area contributed by atoms with Crippen molar-refractivity contribution in [3.05, 3.63) is 66.1 Å². The monoisotopic (exact) mass is 384 g/mol. The van der Waals surface area contributed by atoms with Crippen LogP contribution in [0.25, 0.3) is 5.69 Å².